The van der Waals surface area contributed by atoms with Crippen LogP contribution >= 0.6 is 0 Å². The van der Waals surface area contributed by atoms with Gasteiger partial charge in [0.1, 0.15) is 5.82 Å². The van der Waals surface area contributed by atoms with Crippen molar-refractivity contribution in [3.8, 4) is 0 Å². The normalized spacial score (nSPS) is 31.6. The fourth-order valence-corrected chi connectivity index (χ4v) is 3.96. The largest absolute Gasteiger partial charge is 0.393 e. The quantitative estimate of drug-likeness (QED) is 0.916. The number of rotatable bonds is 3. The lowest BCUT2D eigenvalue weighted by Gasteiger charge is -2.40. The Morgan fingerprint density at radius 2 is 1.95 bits per heavy atom. The summed E-state index contributed by atoms with van der Waals surface area (Å²) in [6, 6.07) is 7.50. The van der Waals surface area contributed by atoms with Gasteiger partial charge in [0, 0.05) is 24.1 Å². The third-order valence-electron chi connectivity index (χ3n) is 5.02. The molecule has 1 aromatic carbocycles. The van der Waals surface area contributed by atoms with Gasteiger partial charge in [0.05, 0.1) is 6.10 Å². The minimum Gasteiger partial charge on any atom is -0.393 e. The van der Waals surface area contributed by atoms with Gasteiger partial charge in [-0.15, -0.1) is 0 Å². The molecule has 0 bridgehead atoms. The molecule has 0 aromatic heterocycles. The molecular weight excluding hydrogens is 253 g/mol. The number of hydrogen-bond acceptors (Lipinski definition) is 2. The van der Waals surface area contributed by atoms with Crippen LogP contribution in [-0.4, -0.2) is 28.7 Å². The zero-order chi connectivity index (χ0) is 13.9. The predicted octanol–water partition coefficient (Wildman–Crippen LogP) is 3.34. The number of piperidine rings is 1. The van der Waals surface area contributed by atoms with Crippen molar-refractivity contribution in [1.29, 1.82) is 0 Å². The van der Waals surface area contributed by atoms with Gasteiger partial charge in [-0.1, -0.05) is 31.0 Å². The molecule has 2 aliphatic rings. The third-order valence-corrected chi connectivity index (χ3v) is 5.02. The summed E-state index contributed by atoms with van der Waals surface area (Å²) in [6.45, 7) is 1.71. The molecule has 0 radical (unpaired) electrons. The Morgan fingerprint density at radius 3 is 2.70 bits per heavy atom. The second kappa shape index (κ2) is 6.23. The van der Waals surface area contributed by atoms with Crippen molar-refractivity contribution in [1.82, 2.24) is 4.90 Å². The van der Waals surface area contributed by atoms with Gasteiger partial charge < -0.3 is 5.11 Å². The molecule has 3 heteroatoms. The SMILES string of the molecule is OC1CCCC1C1CCCCN1Cc1ccccc1F. The molecule has 20 heavy (non-hydrogen) atoms. The summed E-state index contributed by atoms with van der Waals surface area (Å²) >= 11 is 0. The standard InChI is InChI=1S/C17H24FNO/c18-15-8-2-1-6-13(15)12-19-11-4-3-9-16(19)14-7-5-10-17(14)20/h1-2,6,8,14,16-17,20H,3-5,7,9-12H2. The second-order valence-corrected chi connectivity index (χ2v) is 6.29. The van der Waals surface area contributed by atoms with Gasteiger partial charge in [-0.2, -0.15) is 0 Å². The summed E-state index contributed by atoms with van der Waals surface area (Å²) in [7, 11) is 0. The highest BCUT2D eigenvalue weighted by Crippen LogP contribution is 2.35. The van der Waals surface area contributed by atoms with Crippen molar-refractivity contribution in [3.63, 3.8) is 0 Å². The summed E-state index contributed by atoms with van der Waals surface area (Å²) in [6.07, 6.45) is 6.62. The first-order chi connectivity index (χ1) is 9.75. The first-order valence-electron chi connectivity index (χ1n) is 7.91. The Balaban J connectivity index is 1.74. The summed E-state index contributed by atoms with van der Waals surface area (Å²) in [4.78, 5) is 2.40. The molecule has 3 rings (SSSR count). The summed E-state index contributed by atoms with van der Waals surface area (Å²) in [5.41, 5.74) is 0.784. The predicted molar refractivity (Wildman–Crippen MR) is 77.8 cm³/mol. The van der Waals surface area contributed by atoms with E-state index in [4.69, 9.17) is 0 Å². The van der Waals surface area contributed by atoms with Crippen LogP contribution in [0.15, 0.2) is 24.3 Å². The number of halogens is 1. The average molecular weight is 277 g/mol. The molecule has 2 nitrogen and oxygen atoms in total. The monoisotopic (exact) mass is 277 g/mol. The maximum Gasteiger partial charge on any atom is 0.127 e. The number of aliphatic hydroxyl groups is 1. The molecule has 1 aromatic rings. The van der Waals surface area contributed by atoms with Crippen LogP contribution in [0.2, 0.25) is 0 Å². The molecule has 2 fully saturated rings. The van der Waals surface area contributed by atoms with Crippen LogP contribution in [0.5, 0.6) is 0 Å². The van der Waals surface area contributed by atoms with Crippen LogP contribution in [0.4, 0.5) is 4.39 Å². The van der Waals surface area contributed by atoms with Crippen molar-refractivity contribution in [2.24, 2.45) is 5.92 Å². The molecule has 0 spiro atoms. The van der Waals surface area contributed by atoms with E-state index in [0.717, 1.165) is 37.8 Å². The topological polar surface area (TPSA) is 23.5 Å². The number of nitrogens with zero attached hydrogens (tertiary/aromatic N) is 1. The Morgan fingerprint density at radius 1 is 1.10 bits per heavy atom. The summed E-state index contributed by atoms with van der Waals surface area (Å²) in [5, 5.41) is 10.2. The van der Waals surface area contributed by atoms with Crippen LogP contribution < -0.4 is 0 Å². The Bertz CT molecular complexity index is 450. The van der Waals surface area contributed by atoms with E-state index < -0.39 is 0 Å². The Kier molecular flexibility index (Phi) is 4.37. The molecular formula is C17H24FNO. The van der Waals surface area contributed by atoms with E-state index >= 15 is 0 Å². The molecule has 3 atom stereocenters. The van der Waals surface area contributed by atoms with Crippen molar-refractivity contribution in [2.45, 2.75) is 57.2 Å². The summed E-state index contributed by atoms with van der Waals surface area (Å²) < 4.78 is 13.8. The van der Waals surface area contributed by atoms with Gasteiger partial charge in [0.15, 0.2) is 0 Å². The van der Waals surface area contributed by atoms with E-state index in [1.54, 1.807) is 12.1 Å². The number of aliphatic hydroxyl groups excluding tert-OH is 1. The summed E-state index contributed by atoms with van der Waals surface area (Å²) in [5.74, 6) is 0.283. The first-order valence-corrected chi connectivity index (χ1v) is 7.91. The molecule has 3 unspecified atom stereocenters. The third kappa shape index (κ3) is 2.89. The first kappa shape index (κ1) is 14.0. The van der Waals surface area contributed by atoms with Gasteiger partial charge in [-0.25, -0.2) is 4.39 Å². The minimum atomic E-state index is -0.152. The molecule has 0 amide bonds. The van der Waals surface area contributed by atoms with Crippen LogP contribution in [0.1, 0.15) is 44.1 Å². The van der Waals surface area contributed by atoms with Crippen molar-refractivity contribution < 1.29 is 9.50 Å². The molecule has 1 N–H and O–H groups in total. The highest BCUT2D eigenvalue weighted by Gasteiger charge is 2.36. The highest BCUT2D eigenvalue weighted by molar-refractivity contribution is 5.17. The fraction of sp³-hybridized carbons (Fsp3) is 0.647. The van der Waals surface area contributed by atoms with E-state index in [0.29, 0.717) is 18.5 Å². The van der Waals surface area contributed by atoms with E-state index in [1.165, 1.54) is 12.8 Å². The van der Waals surface area contributed by atoms with Crippen LogP contribution in [0.3, 0.4) is 0 Å². The number of likely N-dealkylation sites (tertiary alicyclic amines) is 1. The highest BCUT2D eigenvalue weighted by atomic mass is 19.1. The fourth-order valence-electron chi connectivity index (χ4n) is 3.96. The van der Waals surface area contributed by atoms with Gasteiger partial charge in [-0.3, -0.25) is 4.90 Å². The maximum absolute atomic E-state index is 13.8. The Hall–Kier alpha value is -0.930. The average Bonchev–Trinajstić information content (AvgIpc) is 2.88. The van der Waals surface area contributed by atoms with Crippen LogP contribution in [0.25, 0.3) is 0 Å². The second-order valence-electron chi connectivity index (χ2n) is 6.29. The lowest BCUT2D eigenvalue weighted by atomic mass is 9.87. The lowest BCUT2D eigenvalue weighted by Crippen LogP contribution is -2.45. The lowest BCUT2D eigenvalue weighted by molar-refractivity contribution is 0.0308. The zero-order valence-electron chi connectivity index (χ0n) is 12.0. The van der Waals surface area contributed by atoms with E-state index in [1.807, 2.05) is 12.1 Å². The smallest absolute Gasteiger partial charge is 0.127 e. The Labute approximate surface area is 120 Å². The van der Waals surface area contributed by atoms with Crippen molar-refractivity contribution >= 4 is 0 Å². The van der Waals surface area contributed by atoms with Gasteiger partial charge >= 0.3 is 0 Å². The molecule has 1 saturated heterocycles. The number of hydrogen-bond donors (Lipinski definition) is 1. The number of benzene rings is 1. The molecule has 1 saturated carbocycles. The van der Waals surface area contributed by atoms with Gasteiger partial charge in [0.2, 0.25) is 0 Å². The minimum absolute atomic E-state index is 0.108. The van der Waals surface area contributed by atoms with E-state index in [2.05, 4.69) is 4.90 Å². The molecule has 1 aliphatic heterocycles. The van der Waals surface area contributed by atoms with Crippen LogP contribution in [-0.2, 0) is 6.54 Å². The van der Waals surface area contributed by atoms with E-state index in [9.17, 15) is 9.50 Å². The molecule has 1 aliphatic carbocycles. The van der Waals surface area contributed by atoms with Crippen molar-refractivity contribution in [2.75, 3.05) is 6.54 Å². The zero-order valence-corrected chi connectivity index (χ0v) is 12.0. The maximum atomic E-state index is 13.8. The van der Waals surface area contributed by atoms with Gasteiger partial charge in [0.25, 0.3) is 0 Å². The van der Waals surface area contributed by atoms with E-state index in [-0.39, 0.29) is 11.9 Å². The molecule has 1 heterocycles. The molecule has 110 valence electrons. The van der Waals surface area contributed by atoms with Crippen LogP contribution in [0, 0.1) is 11.7 Å². The van der Waals surface area contributed by atoms with Gasteiger partial charge in [-0.05, 0) is 38.3 Å². The van der Waals surface area contributed by atoms with Crippen molar-refractivity contribution in [3.05, 3.63) is 35.6 Å².